The highest BCUT2D eigenvalue weighted by Crippen LogP contribution is 2.18. The van der Waals surface area contributed by atoms with E-state index in [1.54, 1.807) is 16.1 Å². The van der Waals surface area contributed by atoms with E-state index in [-0.39, 0.29) is 0 Å². The monoisotopic (exact) mass is 295 g/mol. The highest BCUT2D eigenvalue weighted by Gasteiger charge is 2.27. The summed E-state index contributed by atoms with van der Waals surface area (Å²) in [6.07, 6.45) is 3.88. The Labute approximate surface area is 115 Å². The van der Waals surface area contributed by atoms with E-state index in [0.29, 0.717) is 25.6 Å². The van der Waals surface area contributed by atoms with Gasteiger partial charge in [-0.15, -0.1) is 0 Å². The van der Waals surface area contributed by atoms with Gasteiger partial charge in [0.05, 0.1) is 0 Å². The van der Waals surface area contributed by atoms with E-state index in [1.165, 1.54) is 0 Å². The molecule has 0 amide bonds. The first kappa shape index (κ1) is 16.2. The molecule has 1 rings (SSSR count). The fourth-order valence-corrected chi connectivity index (χ4v) is 3.74. The summed E-state index contributed by atoms with van der Waals surface area (Å²) in [6.45, 7) is 5.88. The van der Waals surface area contributed by atoms with Crippen LogP contribution in [0.3, 0.4) is 0 Å². The second-order valence-electron chi connectivity index (χ2n) is 4.54. The molecule has 0 aliphatic carbocycles. The number of hydrogen-bond donors (Lipinski definition) is 2. The summed E-state index contributed by atoms with van der Waals surface area (Å²) in [6, 6.07) is 0. The van der Waals surface area contributed by atoms with Crippen LogP contribution >= 0.6 is 11.8 Å². The molecule has 1 aliphatic heterocycles. The molecule has 2 N–H and O–H groups in total. The highest BCUT2D eigenvalue weighted by molar-refractivity contribution is 7.98. The maximum absolute atomic E-state index is 12.0. The Kier molecular flexibility index (Phi) is 7.55. The van der Waals surface area contributed by atoms with E-state index in [2.05, 4.69) is 17.0 Å². The van der Waals surface area contributed by atoms with Crippen LogP contribution in [-0.2, 0) is 10.2 Å². The van der Waals surface area contributed by atoms with Crippen LogP contribution < -0.4 is 10.0 Å². The molecule has 0 atom stereocenters. The molecular weight excluding hydrogens is 270 g/mol. The third kappa shape index (κ3) is 5.44. The average Bonchev–Trinajstić information content (AvgIpc) is 2.37. The lowest BCUT2D eigenvalue weighted by Gasteiger charge is -2.31. The van der Waals surface area contributed by atoms with Crippen molar-refractivity contribution < 1.29 is 8.42 Å². The Balaban J connectivity index is 2.32. The van der Waals surface area contributed by atoms with E-state index >= 15 is 0 Å². The lowest BCUT2D eigenvalue weighted by molar-refractivity contribution is 0.266. The predicted molar refractivity (Wildman–Crippen MR) is 78.1 cm³/mol. The Morgan fingerprint density at radius 2 is 2.00 bits per heavy atom. The SMILES string of the molecule is CCNCC1CCN(S(=O)(=O)NCCSC)CC1. The van der Waals surface area contributed by atoms with Gasteiger partial charge in [-0.25, -0.2) is 4.72 Å². The van der Waals surface area contributed by atoms with Gasteiger partial charge < -0.3 is 5.32 Å². The van der Waals surface area contributed by atoms with E-state index in [4.69, 9.17) is 0 Å². The molecule has 0 aromatic carbocycles. The first-order valence-electron chi connectivity index (χ1n) is 6.54. The molecule has 108 valence electrons. The molecule has 0 saturated carbocycles. The van der Waals surface area contributed by atoms with Crippen LogP contribution in [0.25, 0.3) is 0 Å². The van der Waals surface area contributed by atoms with Gasteiger partial charge in [-0.05, 0) is 38.1 Å². The third-order valence-electron chi connectivity index (χ3n) is 3.19. The number of nitrogens with zero attached hydrogens (tertiary/aromatic N) is 1. The summed E-state index contributed by atoms with van der Waals surface area (Å²) in [5.74, 6) is 1.43. The zero-order valence-corrected chi connectivity index (χ0v) is 12.9. The number of nitrogens with one attached hydrogen (secondary N) is 2. The van der Waals surface area contributed by atoms with Crippen LogP contribution in [0.1, 0.15) is 19.8 Å². The van der Waals surface area contributed by atoms with Crippen molar-refractivity contribution in [2.75, 3.05) is 44.7 Å². The number of thioether (sulfide) groups is 1. The van der Waals surface area contributed by atoms with Crippen LogP contribution in [0, 0.1) is 5.92 Å². The Hall–Kier alpha value is 0.180. The van der Waals surface area contributed by atoms with Crippen molar-refractivity contribution in [3.05, 3.63) is 0 Å². The maximum atomic E-state index is 12.0. The molecule has 18 heavy (non-hydrogen) atoms. The Morgan fingerprint density at radius 1 is 1.33 bits per heavy atom. The van der Waals surface area contributed by atoms with Crippen molar-refractivity contribution in [3.63, 3.8) is 0 Å². The number of piperidine rings is 1. The molecule has 0 aromatic heterocycles. The van der Waals surface area contributed by atoms with Crippen molar-refractivity contribution in [3.8, 4) is 0 Å². The summed E-state index contributed by atoms with van der Waals surface area (Å²) in [5.41, 5.74) is 0. The molecule has 0 aromatic rings. The van der Waals surface area contributed by atoms with Gasteiger partial charge in [-0.1, -0.05) is 6.92 Å². The van der Waals surface area contributed by atoms with Crippen molar-refractivity contribution in [1.82, 2.24) is 14.3 Å². The Morgan fingerprint density at radius 3 is 2.56 bits per heavy atom. The van der Waals surface area contributed by atoms with E-state index < -0.39 is 10.2 Å². The second kappa shape index (κ2) is 8.37. The van der Waals surface area contributed by atoms with Crippen LogP contribution in [0.4, 0.5) is 0 Å². The molecular formula is C11H25N3O2S2. The van der Waals surface area contributed by atoms with Gasteiger partial charge in [0.15, 0.2) is 0 Å². The molecule has 1 saturated heterocycles. The normalized spacial score (nSPS) is 19.2. The zero-order valence-electron chi connectivity index (χ0n) is 11.3. The zero-order chi connectivity index (χ0) is 13.4. The molecule has 7 heteroatoms. The summed E-state index contributed by atoms with van der Waals surface area (Å²) in [4.78, 5) is 0. The van der Waals surface area contributed by atoms with Crippen LogP contribution in [0.15, 0.2) is 0 Å². The van der Waals surface area contributed by atoms with Gasteiger partial charge in [0.2, 0.25) is 0 Å². The predicted octanol–water partition coefficient (Wildman–Crippen LogP) is 0.505. The van der Waals surface area contributed by atoms with E-state index in [1.807, 2.05) is 6.26 Å². The molecule has 0 spiro atoms. The van der Waals surface area contributed by atoms with Gasteiger partial charge in [0, 0.05) is 25.4 Å². The van der Waals surface area contributed by atoms with Crippen LogP contribution in [0.2, 0.25) is 0 Å². The van der Waals surface area contributed by atoms with E-state index in [0.717, 1.165) is 31.7 Å². The third-order valence-corrected chi connectivity index (χ3v) is 5.41. The molecule has 0 unspecified atom stereocenters. The molecule has 1 fully saturated rings. The van der Waals surface area contributed by atoms with Gasteiger partial charge in [-0.2, -0.15) is 24.5 Å². The highest BCUT2D eigenvalue weighted by atomic mass is 32.2. The van der Waals surface area contributed by atoms with Gasteiger partial charge in [0.25, 0.3) is 10.2 Å². The second-order valence-corrected chi connectivity index (χ2v) is 7.28. The van der Waals surface area contributed by atoms with Crippen molar-refractivity contribution in [1.29, 1.82) is 0 Å². The summed E-state index contributed by atoms with van der Waals surface area (Å²) < 4.78 is 28.2. The average molecular weight is 295 g/mol. The minimum atomic E-state index is -3.25. The molecule has 1 aliphatic rings. The van der Waals surface area contributed by atoms with Crippen LogP contribution in [-0.4, -0.2) is 57.5 Å². The fourth-order valence-electron chi connectivity index (χ4n) is 2.07. The number of hydrogen-bond acceptors (Lipinski definition) is 4. The fraction of sp³-hybridized carbons (Fsp3) is 1.00. The Bertz CT molecular complexity index is 314. The lowest BCUT2D eigenvalue weighted by atomic mass is 9.98. The lowest BCUT2D eigenvalue weighted by Crippen LogP contribution is -2.46. The number of rotatable bonds is 8. The topological polar surface area (TPSA) is 61.4 Å². The summed E-state index contributed by atoms with van der Waals surface area (Å²) in [5, 5.41) is 3.33. The first-order chi connectivity index (χ1) is 8.60. The molecule has 1 heterocycles. The largest absolute Gasteiger partial charge is 0.317 e. The maximum Gasteiger partial charge on any atom is 0.279 e. The minimum Gasteiger partial charge on any atom is -0.317 e. The summed E-state index contributed by atoms with van der Waals surface area (Å²) >= 11 is 1.64. The molecule has 0 bridgehead atoms. The van der Waals surface area contributed by atoms with Crippen molar-refractivity contribution in [2.45, 2.75) is 19.8 Å². The molecule has 0 radical (unpaired) electrons. The standard InChI is InChI=1S/C11H25N3O2S2/c1-3-12-10-11-4-7-14(8-5-11)18(15,16)13-6-9-17-2/h11-13H,3-10H2,1-2H3. The van der Waals surface area contributed by atoms with Gasteiger partial charge in [0.1, 0.15) is 0 Å². The quantitative estimate of drug-likeness (QED) is 0.640. The molecule has 5 nitrogen and oxygen atoms in total. The van der Waals surface area contributed by atoms with Crippen molar-refractivity contribution >= 4 is 22.0 Å². The van der Waals surface area contributed by atoms with Crippen molar-refractivity contribution in [2.24, 2.45) is 5.92 Å². The van der Waals surface area contributed by atoms with Crippen LogP contribution in [0.5, 0.6) is 0 Å². The summed E-state index contributed by atoms with van der Waals surface area (Å²) in [7, 11) is -3.25. The van der Waals surface area contributed by atoms with Gasteiger partial charge >= 0.3 is 0 Å². The first-order valence-corrected chi connectivity index (χ1v) is 9.38. The van der Waals surface area contributed by atoms with E-state index in [9.17, 15) is 8.42 Å². The minimum absolute atomic E-state index is 0.515. The van der Waals surface area contributed by atoms with Gasteiger partial charge in [-0.3, -0.25) is 0 Å². The smallest absolute Gasteiger partial charge is 0.279 e.